The van der Waals surface area contributed by atoms with E-state index >= 15 is 0 Å². The quantitative estimate of drug-likeness (QED) is 0.877. The largest absolute Gasteiger partial charge is 0.395 e. The summed E-state index contributed by atoms with van der Waals surface area (Å²) in [5.74, 6) is 0. The summed E-state index contributed by atoms with van der Waals surface area (Å²) in [6.45, 7) is 3.75. The zero-order valence-electron chi connectivity index (χ0n) is 9.50. The van der Waals surface area contributed by atoms with E-state index in [1.807, 2.05) is 18.8 Å². The van der Waals surface area contributed by atoms with Gasteiger partial charge in [0.25, 0.3) is 0 Å². The third-order valence-corrected chi connectivity index (χ3v) is 3.32. The third kappa shape index (κ3) is 3.03. The fourth-order valence-corrected chi connectivity index (χ4v) is 2.24. The number of hydrogen-bond acceptors (Lipinski definition) is 3. The highest BCUT2D eigenvalue weighted by atomic mass is 79.9. The molecule has 0 aliphatic rings. The Bertz CT molecular complexity index is 325. The maximum atomic E-state index is 8.83. The first kappa shape index (κ1) is 12.7. The van der Waals surface area contributed by atoms with Crippen LogP contribution in [0.15, 0.2) is 4.47 Å². The normalized spacial score (nSPS) is 11.3. The van der Waals surface area contributed by atoms with Gasteiger partial charge in [-0.3, -0.25) is 9.58 Å². The fourth-order valence-electron chi connectivity index (χ4n) is 1.50. The molecule has 15 heavy (non-hydrogen) atoms. The van der Waals surface area contributed by atoms with Gasteiger partial charge < -0.3 is 5.11 Å². The predicted molar refractivity (Wildman–Crippen MR) is 63.7 cm³/mol. The highest BCUT2D eigenvalue weighted by molar-refractivity contribution is 9.10. The molecule has 0 amide bonds. The lowest BCUT2D eigenvalue weighted by Crippen LogP contribution is -2.23. The van der Waals surface area contributed by atoms with Gasteiger partial charge in [-0.25, -0.2) is 0 Å². The molecular weight excluding hydrogens is 258 g/mol. The summed E-state index contributed by atoms with van der Waals surface area (Å²) >= 11 is 3.57. The molecule has 0 spiro atoms. The second kappa shape index (κ2) is 5.63. The minimum absolute atomic E-state index is 0.187. The highest BCUT2D eigenvalue weighted by Crippen LogP contribution is 2.22. The molecule has 0 unspecified atom stereocenters. The van der Waals surface area contributed by atoms with Gasteiger partial charge in [0.15, 0.2) is 0 Å². The molecule has 1 aromatic heterocycles. The molecule has 0 aliphatic heterocycles. The molecule has 0 aliphatic carbocycles. The number of hydrogen-bond donors (Lipinski definition) is 1. The van der Waals surface area contributed by atoms with E-state index in [0.717, 1.165) is 28.8 Å². The Hall–Kier alpha value is -0.390. The smallest absolute Gasteiger partial charge is 0.0767 e. The molecule has 86 valence electrons. The van der Waals surface area contributed by atoms with E-state index < -0.39 is 0 Å². The van der Waals surface area contributed by atoms with Gasteiger partial charge in [-0.05, 0) is 29.4 Å². The maximum absolute atomic E-state index is 8.83. The first-order chi connectivity index (χ1) is 7.10. The second-order valence-corrected chi connectivity index (χ2v) is 4.44. The number of aromatic nitrogens is 2. The van der Waals surface area contributed by atoms with E-state index in [4.69, 9.17) is 5.11 Å². The molecule has 0 atom stereocenters. The zero-order chi connectivity index (χ0) is 11.4. The summed E-state index contributed by atoms with van der Waals surface area (Å²) < 4.78 is 2.99. The Balaban J connectivity index is 2.80. The lowest BCUT2D eigenvalue weighted by Gasteiger charge is -2.15. The topological polar surface area (TPSA) is 41.3 Å². The van der Waals surface area contributed by atoms with Crippen LogP contribution in [0.3, 0.4) is 0 Å². The molecule has 0 saturated heterocycles. The predicted octanol–water partition coefficient (Wildman–Crippen LogP) is 1.17. The van der Waals surface area contributed by atoms with E-state index in [1.165, 1.54) is 0 Å². The average molecular weight is 276 g/mol. The Morgan fingerprint density at radius 1 is 1.53 bits per heavy atom. The van der Waals surface area contributed by atoms with Crippen molar-refractivity contribution >= 4 is 15.9 Å². The van der Waals surface area contributed by atoms with Gasteiger partial charge in [-0.1, -0.05) is 6.92 Å². The summed E-state index contributed by atoms with van der Waals surface area (Å²) in [6, 6.07) is 0. The molecule has 1 N–H and O–H groups in total. The van der Waals surface area contributed by atoms with Crippen molar-refractivity contribution in [3.63, 3.8) is 0 Å². The van der Waals surface area contributed by atoms with Gasteiger partial charge in [0.05, 0.1) is 22.5 Å². The summed E-state index contributed by atoms with van der Waals surface area (Å²) in [5.41, 5.74) is 2.24. The van der Waals surface area contributed by atoms with E-state index in [0.29, 0.717) is 6.54 Å². The number of halogens is 1. The second-order valence-electron chi connectivity index (χ2n) is 3.65. The molecule has 4 nitrogen and oxygen atoms in total. The van der Waals surface area contributed by atoms with Crippen LogP contribution in [0.4, 0.5) is 0 Å². The number of rotatable bonds is 5. The van der Waals surface area contributed by atoms with Crippen LogP contribution >= 0.6 is 15.9 Å². The molecule has 1 heterocycles. The zero-order valence-corrected chi connectivity index (χ0v) is 11.1. The van der Waals surface area contributed by atoms with Crippen molar-refractivity contribution < 1.29 is 5.11 Å². The number of aryl methyl sites for hydroxylation is 2. The van der Waals surface area contributed by atoms with Gasteiger partial charge in [0.1, 0.15) is 0 Å². The van der Waals surface area contributed by atoms with E-state index in [-0.39, 0.29) is 6.61 Å². The van der Waals surface area contributed by atoms with Gasteiger partial charge in [-0.15, -0.1) is 0 Å². The third-order valence-electron chi connectivity index (χ3n) is 2.40. The lowest BCUT2D eigenvalue weighted by atomic mass is 10.3. The molecule has 0 fully saturated rings. The average Bonchev–Trinajstić information content (AvgIpc) is 2.45. The summed E-state index contributed by atoms with van der Waals surface area (Å²) in [7, 11) is 3.94. The van der Waals surface area contributed by atoms with Crippen molar-refractivity contribution in [2.75, 3.05) is 20.2 Å². The molecule has 5 heteroatoms. The van der Waals surface area contributed by atoms with Crippen LogP contribution in [0.25, 0.3) is 0 Å². The van der Waals surface area contributed by atoms with Crippen molar-refractivity contribution in [1.29, 1.82) is 0 Å². The first-order valence-corrected chi connectivity index (χ1v) is 5.89. The van der Waals surface area contributed by atoms with E-state index in [2.05, 4.69) is 32.9 Å². The van der Waals surface area contributed by atoms with Crippen molar-refractivity contribution in [3.05, 3.63) is 15.9 Å². The minimum Gasteiger partial charge on any atom is -0.395 e. The summed E-state index contributed by atoms with van der Waals surface area (Å²) in [5, 5.41) is 13.3. The maximum Gasteiger partial charge on any atom is 0.0767 e. The van der Waals surface area contributed by atoms with Gasteiger partial charge in [0.2, 0.25) is 0 Å². The standard InChI is InChI=1S/C10H18BrN3O/c1-4-8-10(11)9(14(3)12-8)7-13(2)5-6-15/h15H,4-7H2,1-3H3. The first-order valence-electron chi connectivity index (χ1n) is 5.09. The fraction of sp³-hybridized carbons (Fsp3) is 0.700. The van der Waals surface area contributed by atoms with E-state index in [9.17, 15) is 0 Å². The lowest BCUT2D eigenvalue weighted by molar-refractivity contribution is 0.214. The Kier molecular flexibility index (Phi) is 4.76. The van der Waals surface area contributed by atoms with Gasteiger partial charge in [-0.2, -0.15) is 5.10 Å². The highest BCUT2D eigenvalue weighted by Gasteiger charge is 2.13. The minimum atomic E-state index is 0.187. The van der Waals surface area contributed by atoms with Crippen LogP contribution in [-0.4, -0.2) is 40.0 Å². The molecule has 0 bridgehead atoms. The molecule has 1 aromatic rings. The molecular formula is C10H18BrN3O. The van der Waals surface area contributed by atoms with Crippen molar-refractivity contribution in [2.45, 2.75) is 19.9 Å². The Morgan fingerprint density at radius 3 is 2.67 bits per heavy atom. The van der Waals surface area contributed by atoms with Gasteiger partial charge >= 0.3 is 0 Å². The van der Waals surface area contributed by atoms with Crippen molar-refractivity contribution in [2.24, 2.45) is 7.05 Å². The van der Waals surface area contributed by atoms with Crippen LogP contribution in [0.5, 0.6) is 0 Å². The number of aliphatic hydroxyl groups is 1. The Labute approximate surface area is 99.0 Å². The van der Waals surface area contributed by atoms with Crippen molar-refractivity contribution in [1.82, 2.24) is 14.7 Å². The van der Waals surface area contributed by atoms with Crippen LogP contribution in [-0.2, 0) is 20.0 Å². The van der Waals surface area contributed by atoms with Gasteiger partial charge in [0, 0.05) is 20.1 Å². The monoisotopic (exact) mass is 275 g/mol. The molecule has 1 rings (SSSR count). The van der Waals surface area contributed by atoms with Crippen LogP contribution < -0.4 is 0 Å². The molecule has 0 saturated carbocycles. The number of aliphatic hydroxyl groups excluding tert-OH is 1. The molecule has 0 radical (unpaired) electrons. The van der Waals surface area contributed by atoms with Crippen LogP contribution in [0.1, 0.15) is 18.3 Å². The number of likely N-dealkylation sites (N-methyl/N-ethyl adjacent to an activating group) is 1. The van der Waals surface area contributed by atoms with E-state index in [1.54, 1.807) is 0 Å². The van der Waals surface area contributed by atoms with Crippen molar-refractivity contribution in [3.8, 4) is 0 Å². The van der Waals surface area contributed by atoms with Crippen LogP contribution in [0.2, 0.25) is 0 Å². The van der Waals surface area contributed by atoms with Crippen LogP contribution in [0, 0.1) is 0 Å². The SMILES string of the molecule is CCc1nn(C)c(CN(C)CCO)c1Br. The molecule has 0 aromatic carbocycles. The Morgan fingerprint density at radius 2 is 2.20 bits per heavy atom. The summed E-state index contributed by atoms with van der Waals surface area (Å²) in [6.07, 6.45) is 0.929. The number of nitrogens with zero attached hydrogens (tertiary/aromatic N) is 3. The summed E-state index contributed by atoms with van der Waals surface area (Å²) in [4.78, 5) is 2.07.